The van der Waals surface area contributed by atoms with E-state index in [1.165, 1.54) is 20.0 Å². The number of aromatic nitrogens is 2. The summed E-state index contributed by atoms with van der Waals surface area (Å²) in [5.41, 5.74) is -3.04. The number of hydrogen-bond donors (Lipinski definition) is 3. The first kappa shape index (κ1) is 16.8. The number of aromatic amines is 1. The van der Waals surface area contributed by atoms with Crippen molar-refractivity contribution in [3.63, 3.8) is 0 Å². The van der Waals surface area contributed by atoms with Crippen molar-refractivity contribution in [2.75, 3.05) is 13.2 Å². The van der Waals surface area contributed by atoms with E-state index in [0.29, 0.717) is 0 Å². The molecule has 10 heteroatoms. The first-order valence-corrected chi connectivity index (χ1v) is 7.38. The maximum absolute atomic E-state index is 12.1. The number of esters is 1. The second-order valence-electron chi connectivity index (χ2n) is 5.98. The molecular weight excluding hydrogens is 324 g/mol. The van der Waals surface area contributed by atoms with Crippen LogP contribution in [0.2, 0.25) is 0 Å². The summed E-state index contributed by atoms with van der Waals surface area (Å²) in [5.74, 6) is -2.79. The minimum Gasteiger partial charge on any atom is -0.463 e. The third kappa shape index (κ3) is 2.30. The van der Waals surface area contributed by atoms with Crippen LogP contribution in [0.15, 0.2) is 15.8 Å². The summed E-state index contributed by atoms with van der Waals surface area (Å²) in [5, 5.41) is 21.7. The first-order chi connectivity index (χ1) is 11.2. The van der Waals surface area contributed by atoms with Gasteiger partial charge in [0.15, 0.2) is 11.8 Å². The van der Waals surface area contributed by atoms with Crippen molar-refractivity contribution in [2.45, 2.75) is 44.0 Å². The summed E-state index contributed by atoms with van der Waals surface area (Å²) in [4.78, 5) is 36.7. The Balaban J connectivity index is 2.03. The number of carbonyl (C=O) groups is 1. The van der Waals surface area contributed by atoms with Crippen LogP contribution in [0.1, 0.15) is 25.1 Å². The second kappa shape index (κ2) is 5.52. The number of hydrogen-bond acceptors (Lipinski definition) is 8. The molecule has 1 aromatic rings. The number of fused-ring (bicyclic) bond motifs is 1. The van der Waals surface area contributed by atoms with E-state index in [1.807, 2.05) is 0 Å². The van der Waals surface area contributed by atoms with Crippen molar-refractivity contribution in [1.82, 2.24) is 9.55 Å². The third-order valence-corrected chi connectivity index (χ3v) is 4.42. The highest BCUT2D eigenvalue weighted by molar-refractivity contribution is 5.65. The largest absolute Gasteiger partial charge is 0.463 e. The number of nitrogens with zero attached hydrogens (tertiary/aromatic N) is 1. The van der Waals surface area contributed by atoms with Crippen LogP contribution < -0.4 is 11.2 Å². The van der Waals surface area contributed by atoms with Crippen LogP contribution in [0.3, 0.4) is 0 Å². The van der Waals surface area contributed by atoms with E-state index in [2.05, 4.69) is 4.98 Å². The van der Waals surface area contributed by atoms with Crippen LogP contribution in [-0.4, -0.2) is 56.4 Å². The molecule has 4 atom stereocenters. The van der Waals surface area contributed by atoms with Gasteiger partial charge in [-0.05, 0) is 6.92 Å². The smallest absolute Gasteiger partial charge is 0.330 e. The summed E-state index contributed by atoms with van der Waals surface area (Å²) in [6, 6.07) is 0. The van der Waals surface area contributed by atoms with Crippen molar-refractivity contribution in [2.24, 2.45) is 0 Å². The minimum atomic E-state index is -2.22. The van der Waals surface area contributed by atoms with Gasteiger partial charge in [0.1, 0.15) is 12.7 Å². The van der Waals surface area contributed by atoms with E-state index in [-0.39, 0.29) is 25.2 Å². The van der Waals surface area contributed by atoms with Gasteiger partial charge in [-0.15, -0.1) is 0 Å². The number of H-pyrrole nitrogens is 1. The molecule has 0 radical (unpaired) electrons. The predicted molar refractivity (Wildman–Crippen MR) is 77.1 cm³/mol. The van der Waals surface area contributed by atoms with E-state index in [9.17, 15) is 24.6 Å². The number of aryl methyl sites for hydroxylation is 1. The van der Waals surface area contributed by atoms with Crippen molar-refractivity contribution >= 4 is 5.97 Å². The molecule has 0 amide bonds. The number of carbonyl (C=O) groups excluding carboxylic acids is 1. The normalized spacial score (nSPS) is 35.0. The average Bonchev–Trinajstić information content (AvgIpc) is 2.90. The molecule has 3 heterocycles. The Kier molecular flexibility index (Phi) is 3.87. The molecular formula is C14H18N2O8. The van der Waals surface area contributed by atoms with Gasteiger partial charge in [-0.1, -0.05) is 0 Å². The Morgan fingerprint density at radius 3 is 2.88 bits per heavy atom. The molecule has 0 saturated carbocycles. The molecule has 2 fully saturated rings. The standard InChI is InChI=1S/C14H18N2O8/c1-7-5-16(12(19)15-10(7)18)11-14(21)13(20,3-4-23-14)9(24-11)6-22-8(2)17/h5,9,11,20-21H,3-4,6H2,1-2H3,(H,15,18,19)/t9-,11-,13-,14-/m1/s1. The average molecular weight is 342 g/mol. The zero-order valence-corrected chi connectivity index (χ0v) is 13.1. The Bertz CT molecular complexity index is 786. The minimum absolute atomic E-state index is 0.0283. The highest BCUT2D eigenvalue weighted by Gasteiger charge is 2.71. The van der Waals surface area contributed by atoms with Gasteiger partial charge in [-0.25, -0.2) is 4.79 Å². The highest BCUT2D eigenvalue weighted by Crippen LogP contribution is 2.51. The van der Waals surface area contributed by atoms with Crippen molar-refractivity contribution in [3.05, 3.63) is 32.6 Å². The molecule has 10 nitrogen and oxygen atoms in total. The summed E-state index contributed by atoms with van der Waals surface area (Å²) in [7, 11) is 0. The molecule has 0 spiro atoms. The van der Waals surface area contributed by atoms with Crippen LogP contribution in [0.4, 0.5) is 0 Å². The number of ether oxygens (including phenoxy) is 3. The molecule has 3 N–H and O–H groups in total. The van der Waals surface area contributed by atoms with Crippen LogP contribution in [0.5, 0.6) is 0 Å². The lowest BCUT2D eigenvalue weighted by Crippen LogP contribution is -2.56. The molecule has 0 bridgehead atoms. The molecule has 0 aromatic carbocycles. The highest BCUT2D eigenvalue weighted by atomic mass is 16.7. The Labute approximate surface area is 135 Å². The summed E-state index contributed by atoms with van der Waals surface area (Å²) >= 11 is 0. The van der Waals surface area contributed by atoms with Crippen LogP contribution in [0.25, 0.3) is 0 Å². The number of aliphatic hydroxyl groups is 2. The Morgan fingerprint density at radius 1 is 1.50 bits per heavy atom. The van der Waals surface area contributed by atoms with E-state index >= 15 is 0 Å². The number of rotatable bonds is 3. The van der Waals surface area contributed by atoms with Gasteiger partial charge >= 0.3 is 11.7 Å². The molecule has 0 aliphatic carbocycles. The van der Waals surface area contributed by atoms with Gasteiger partial charge in [0, 0.05) is 25.1 Å². The van der Waals surface area contributed by atoms with Crippen molar-refractivity contribution < 1.29 is 29.2 Å². The molecule has 0 unspecified atom stereocenters. The van der Waals surface area contributed by atoms with E-state index < -0.39 is 40.9 Å². The van der Waals surface area contributed by atoms with Crippen molar-refractivity contribution in [1.29, 1.82) is 0 Å². The fourth-order valence-corrected chi connectivity index (χ4v) is 3.09. The monoisotopic (exact) mass is 342 g/mol. The SMILES string of the molecule is CC(=O)OC[C@H]1O[C@@H](n2cc(C)c(=O)[nH]c2=O)[C@@]2(O)OCC[C@@]12O. The Hall–Kier alpha value is -2.01. The molecule has 132 valence electrons. The van der Waals surface area contributed by atoms with Gasteiger partial charge < -0.3 is 24.4 Å². The third-order valence-electron chi connectivity index (χ3n) is 4.42. The van der Waals surface area contributed by atoms with Crippen LogP contribution >= 0.6 is 0 Å². The van der Waals surface area contributed by atoms with E-state index in [4.69, 9.17) is 14.2 Å². The van der Waals surface area contributed by atoms with Crippen molar-refractivity contribution in [3.8, 4) is 0 Å². The molecule has 2 aliphatic rings. The topological polar surface area (TPSA) is 140 Å². The first-order valence-electron chi connectivity index (χ1n) is 7.38. The molecule has 3 rings (SSSR count). The van der Waals surface area contributed by atoms with Gasteiger partial charge in [0.25, 0.3) is 5.56 Å². The van der Waals surface area contributed by atoms with Gasteiger partial charge in [0.2, 0.25) is 5.79 Å². The lowest BCUT2D eigenvalue weighted by molar-refractivity contribution is -0.269. The summed E-state index contributed by atoms with van der Waals surface area (Å²) in [6.07, 6.45) is -1.27. The van der Waals surface area contributed by atoms with E-state index in [0.717, 1.165) is 4.57 Å². The second-order valence-corrected chi connectivity index (χ2v) is 5.98. The molecule has 2 aliphatic heterocycles. The fraction of sp³-hybridized carbons (Fsp3) is 0.643. The van der Waals surface area contributed by atoms with Gasteiger partial charge in [-0.3, -0.25) is 19.1 Å². The maximum Gasteiger partial charge on any atom is 0.330 e. The Morgan fingerprint density at radius 2 is 2.21 bits per heavy atom. The molecule has 1 aromatic heterocycles. The number of nitrogens with one attached hydrogen (secondary N) is 1. The molecule has 2 saturated heterocycles. The van der Waals surface area contributed by atoms with Gasteiger partial charge in [0.05, 0.1) is 6.61 Å². The van der Waals surface area contributed by atoms with Crippen LogP contribution in [0, 0.1) is 6.92 Å². The quantitative estimate of drug-likeness (QED) is 0.544. The summed E-state index contributed by atoms with van der Waals surface area (Å²) < 4.78 is 16.7. The maximum atomic E-state index is 12.1. The summed E-state index contributed by atoms with van der Waals surface area (Å²) in [6.45, 7) is 2.39. The zero-order chi connectivity index (χ0) is 17.7. The fourth-order valence-electron chi connectivity index (χ4n) is 3.09. The molecule has 24 heavy (non-hydrogen) atoms. The predicted octanol–water partition coefficient (Wildman–Crippen LogP) is -1.85. The lowest BCUT2D eigenvalue weighted by atomic mass is 9.88. The van der Waals surface area contributed by atoms with Crippen LogP contribution in [-0.2, 0) is 19.0 Å². The van der Waals surface area contributed by atoms with E-state index in [1.54, 1.807) is 0 Å². The zero-order valence-electron chi connectivity index (χ0n) is 13.1. The van der Waals surface area contributed by atoms with Gasteiger partial charge in [-0.2, -0.15) is 0 Å². The lowest BCUT2D eigenvalue weighted by Gasteiger charge is -2.33.